The van der Waals surface area contributed by atoms with Crippen LogP contribution < -0.4 is 5.73 Å². The molecule has 10 heavy (non-hydrogen) atoms. The van der Waals surface area contributed by atoms with Crippen LogP contribution in [0.15, 0.2) is 0 Å². The highest BCUT2D eigenvalue weighted by molar-refractivity contribution is 5.85. The van der Waals surface area contributed by atoms with Crippen LogP contribution in [0.1, 0.15) is 19.8 Å². The summed E-state index contributed by atoms with van der Waals surface area (Å²) in [7, 11) is 0. The minimum atomic E-state index is 0. The van der Waals surface area contributed by atoms with Crippen molar-refractivity contribution < 1.29 is 4.74 Å². The first-order valence-electron chi connectivity index (χ1n) is 3.64. The van der Waals surface area contributed by atoms with Crippen molar-refractivity contribution in [3.8, 4) is 0 Å². The maximum Gasteiger partial charge on any atom is 0.0469 e. The standard InChI is InChI=1S/C7H15NO.ClH/c1-6(8)7-2-4-9-5-3-7;/h6-7H,2-5,8H2,1H3;1H/t6-;/m1./s1. The molecule has 0 aromatic rings. The maximum absolute atomic E-state index is 5.71. The number of rotatable bonds is 1. The molecule has 0 radical (unpaired) electrons. The van der Waals surface area contributed by atoms with Gasteiger partial charge in [0.25, 0.3) is 0 Å². The van der Waals surface area contributed by atoms with Crippen LogP contribution in [0.5, 0.6) is 0 Å². The van der Waals surface area contributed by atoms with Crippen molar-refractivity contribution in [3.63, 3.8) is 0 Å². The molecule has 3 heteroatoms. The summed E-state index contributed by atoms with van der Waals surface area (Å²) in [5, 5.41) is 0. The van der Waals surface area contributed by atoms with E-state index >= 15 is 0 Å². The third-order valence-electron chi connectivity index (χ3n) is 2.01. The summed E-state index contributed by atoms with van der Waals surface area (Å²) in [5.74, 6) is 0.707. The summed E-state index contributed by atoms with van der Waals surface area (Å²) < 4.78 is 5.19. The molecule has 0 aromatic heterocycles. The van der Waals surface area contributed by atoms with Crippen molar-refractivity contribution in [1.29, 1.82) is 0 Å². The molecule has 0 bridgehead atoms. The molecule has 1 fully saturated rings. The van der Waals surface area contributed by atoms with Crippen molar-refractivity contribution >= 4 is 12.4 Å². The fourth-order valence-corrected chi connectivity index (χ4v) is 1.24. The number of halogens is 1. The topological polar surface area (TPSA) is 35.2 Å². The van der Waals surface area contributed by atoms with Gasteiger partial charge in [0.2, 0.25) is 0 Å². The first-order valence-corrected chi connectivity index (χ1v) is 3.64. The summed E-state index contributed by atoms with van der Waals surface area (Å²) in [4.78, 5) is 0. The lowest BCUT2D eigenvalue weighted by atomic mass is 9.94. The Kier molecular flexibility index (Phi) is 5.04. The fourth-order valence-electron chi connectivity index (χ4n) is 1.24. The molecule has 2 nitrogen and oxygen atoms in total. The molecular weight excluding hydrogens is 150 g/mol. The Bertz CT molecular complexity index is 81.7. The van der Waals surface area contributed by atoms with Crippen molar-refractivity contribution in [2.24, 2.45) is 11.7 Å². The zero-order valence-electron chi connectivity index (χ0n) is 6.38. The highest BCUT2D eigenvalue weighted by atomic mass is 35.5. The van der Waals surface area contributed by atoms with Crippen LogP contribution >= 0.6 is 12.4 Å². The highest BCUT2D eigenvalue weighted by Crippen LogP contribution is 2.16. The Labute approximate surface area is 68.5 Å². The van der Waals surface area contributed by atoms with Gasteiger partial charge in [-0.25, -0.2) is 0 Å². The van der Waals surface area contributed by atoms with Gasteiger partial charge < -0.3 is 10.5 Å². The van der Waals surface area contributed by atoms with Crippen molar-refractivity contribution in [2.45, 2.75) is 25.8 Å². The summed E-state index contributed by atoms with van der Waals surface area (Å²) in [6.45, 7) is 3.90. The monoisotopic (exact) mass is 165 g/mol. The highest BCUT2D eigenvalue weighted by Gasteiger charge is 2.16. The van der Waals surface area contributed by atoms with Crippen molar-refractivity contribution in [1.82, 2.24) is 0 Å². The fraction of sp³-hybridized carbons (Fsp3) is 1.00. The van der Waals surface area contributed by atoms with E-state index in [4.69, 9.17) is 10.5 Å². The van der Waals surface area contributed by atoms with Gasteiger partial charge in [0.15, 0.2) is 0 Å². The van der Waals surface area contributed by atoms with E-state index in [1.54, 1.807) is 0 Å². The number of ether oxygens (including phenoxy) is 1. The van der Waals surface area contributed by atoms with Gasteiger partial charge in [-0.3, -0.25) is 0 Å². The molecule has 0 aromatic carbocycles. The van der Waals surface area contributed by atoms with E-state index in [2.05, 4.69) is 6.92 Å². The molecule has 0 saturated carbocycles. The van der Waals surface area contributed by atoms with Crippen molar-refractivity contribution in [2.75, 3.05) is 13.2 Å². The zero-order valence-corrected chi connectivity index (χ0v) is 7.19. The van der Waals surface area contributed by atoms with Gasteiger partial charge in [0, 0.05) is 19.3 Å². The summed E-state index contributed by atoms with van der Waals surface area (Å²) in [6, 6.07) is 0.355. The predicted molar refractivity (Wildman–Crippen MR) is 44.4 cm³/mol. The lowest BCUT2D eigenvalue weighted by Crippen LogP contribution is -2.31. The summed E-state index contributed by atoms with van der Waals surface area (Å²) >= 11 is 0. The van der Waals surface area contributed by atoms with E-state index in [0.717, 1.165) is 26.1 Å². The van der Waals surface area contributed by atoms with Gasteiger partial charge in [-0.1, -0.05) is 0 Å². The average Bonchev–Trinajstić information content (AvgIpc) is 1.90. The van der Waals surface area contributed by atoms with Crippen molar-refractivity contribution in [3.05, 3.63) is 0 Å². The van der Waals surface area contributed by atoms with Crippen LogP contribution in [0, 0.1) is 5.92 Å². The first kappa shape index (κ1) is 10.2. The number of hydrogen-bond acceptors (Lipinski definition) is 2. The van der Waals surface area contributed by atoms with E-state index in [9.17, 15) is 0 Å². The van der Waals surface area contributed by atoms with Crippen LogP contribution in [-0.4, -0.2) is 19.3 Å². The predicted octanol–water partition coefficient (Wildman–Crippen LogP) is 1.18. The SMILES string of the molecule is C[C@@H](N)C1CCOCC1.Cl. The Morgan fingerprint density at radius 3 is 2.20 bits per heavy atom. The van der Waals surface area contributed by atoms with Crippen LogP contribution in [0.4, 0.5) is 0 Å². The smallest absolute Gasteiger partial charge is 0.0469 e. The minimum Gasteiger partial charge on any atom is -0.381 e. The second-order valence-corrected chi connectivity index (χ2v) is 2.81. The zero-order chi connectivity index (χ0) is 6.69. The van der Waals surface area contributed by atoms with Crippen LogP contribution in [0.2, 0.25) is 0 Å². The average molecular weight is 166 g/mol. The molecule has 1 rings (SSSR count). The summed E-state index contributed by atoms with van der Waals surface area (Å²) in [5.41, 5.74) is 5.71. The lowest BCUT2D eigenvalue weighted by Gasteiger charge is -2.24. The summed E-state index contributed by atoms with van der Waals surface area (Å²) in [6.07, 6.45) is 2.30. The molecule has 62 valence electrons. The second-order valence-electron chi connectivity index (χ2n) is 2.81. The second kappa shape index (κ2) is 4.94. The van der Waals surface area contributed by atoms with E-state index in [-0.39, 0.29) is 12.4 Å². The lowest BCUT2D eigenvalue weighted by molar-refractivity contribution is 0.0603. The Balaban J connectivity index is 0.000000810. The molecule has 0 aliphatic carbocycles. The Morgan fingerprint density at radius 2 is 1.90 bits per heavy atom. The largest absolute Gasteiger partial charge is 0.381 e. The van der Waals surface area contributed by atoms with Crippen LogP contribution in [0.25, 0.3) is 0 Å². The molecule has 0 unspecified atom stereocenters. The molecule has 0 amide bonds. The molecule has 1 atom stereocenters. The van der Waals surface area contributed by atoms with E-state index < -0.39 is 0 Å². The molecule has 1 aliphatic rings. The van der Waals surface area contributed by atoms with Crippen LogP contribution in [-0.2, 0) is 4.74 Å². The Hall–Kier alpha value is 0.210. The number of hydrogen-bond donors (Lipinski definition) is 1. The van der Waals surface area contributed by atoms with Gasteiger partial charge in [0.05, 0.1) is 0 Å². The van der Waals surface area contributed by atoms with Gasteiger partial charge in [-0.2, -0.15) is 0 Å². The molecule has 1 aliphatic heterocycles. The van der Waals surface area contributed by atoms with Gasteiger partial charge in [-0.05, 0) is 25.7 Å². The quantitative estimate of drug-likeness (QED) is 0.634. The third-order valence-corrected chi connectivity index (χ3v) is 2.01. The van der Waals surface area contributed by atoms with Crippen LogP contribution in [0.3, 0.4) is 0 Å². The third kappa shape index (κ3) is 2.86. The molecule has 0 spiro atoms. The van der Waals surface area contributed by atoms with E-state index in [1.807, 2.05) is 0 Å². The van der Waals surface area contributed by atoms with E-state index in [0.29, 0.717) is 12.0 Å². The maximum atomic E-state index is 5.71. The van der Waals surface area contributed by atoms with Gasteiger partial charge in [0.1, 0.15) is 0 Å². The normalized spacial score (nSPS) is 23.4. The van der Waals surface area contributed by atoms with Gasteiger partial charge in [-0.15, -0.1) is 12.4 Å². The number of nitrogens with two attached hydrogens (primary N) is 1. The molecular formula is C7H16ClNO. The minimum absolute atomic E-state index is 0. The molecule has 1 saturated heterocycles. The molecule has 2 N–H and O–H groups in total. The molecule has 1 heterocycles. The van der Waals surface area contributed by atoms with Gasteiger partial charge >= 0.3 is 0 Å². The first-order chi connectivity index (χ1) is 4.30. The van der Waals surface area contributed by atoms with E-state index in [1.165, 1.54) is 0 Å². The Morgan fingerprint density at radius 1 is 1.40 bits per heavy atom.